The summed E-state index contributed by atoms with van der Waals surface area (Å²) in [5, 5.41) is 0.543. The van der Waals surface area contributed by atoms with Crippen molar-refractivity contribution in [1.29, 1.82) is 0 Å². The van der Waals surface area contributed by atoms with Gasteiger partial charge in [0.05, 0.1) is 6.04 Å². The van der Waals surface area contributed by atoms with Crippen molar-refractivity contribution in [1.82, 2.24) is 0 Å². The number of amides is 1. The lowest BCUT2D eigenvalue weighted by molar-refractivity contribution is -0.126. The highest BCUT2D eigenvalue weighted by Gasteiger charge is 2.47. The standard InChI is InChI=1S/C15H12ClFN2O/c16-12-7-2-1-6-11(12)14-13(18)15(20)19(14)10-5-3-4-9(17)8-10/h1-8,13-14H,18H2. The molecule has 1 aliphatic heterocycles. The van der Waals surface area contributed by atoms with Gasteiger partial charge in [0.15, 0.2) is 0 Å². The minimum Gasteiger partial charge on any atom is -0.318 e. The van der Waals surface area contributed by atoms with E-state index < -0.39 is 11.9 Å². The summed E-state index contributed by atoms with van der Waals surface area (Å²) >= 11 is 6.16. The molecule has 102 valence electrons. The second-order valence-electron chi connectivity index (χ2n) is 4.68. The average molecular weight is 291 g/mol. The maximum atomic E-state index is 13.3. The van der Waals surface area contributed by atoms with Crippen molar-refractivity contribution in [3.05, 3.63) is 64.9 Å². The van der Waals surface area contributed by atoms with Gasteiger partial charge in [-0.3, -0.25) is 4.79 Å². The van der Waals surface area contributed by atoms with Crippen molar-refractivity contribution in [2.75, 3.05) is 4.90 Å². The zero-order valence-corrected chi connectivity index (χ0v) is 11.2. The number of carbonyl (C=O) groups is 1. The number of nitrogens with zero attached hydrogens (tertiary/aromatic N) is 1. The number of β-lactam (4-membered cyclic amide) rings is 1. The lowest BCUT2D eigenvalue weighted by atomic mass is 9.88. The largest absolute Gasteiger partial charge is 0.318 e. The molecule has 2 aromatic carbocycles. The van der Waals surface area contributed by atoms with Gasteiger partial charge in [-0.15, -0.1) is 0 Å². The summed E-state index contributed by atoms with van der Waals surface area (Å²) in [6.45, 7) is 0. The fourth-order valence-electron chi connectivity index (χ4n) is 2.47. The normalized spacial score (nSPS) is 21.8. The fraction of sp³-hybridized carbons (Fsp3) is 0.133. The Morgan fingerprint density at radius 2 is 1.90 bits per heavy atom. The van der Waals surface area contributed by atoms with Crippen molar-refractivity contribution in [3.8, 4) is 0 Å². The summed E-state index contributed by atoms with van der Waals surface area (Å²) in [7, 11) is 0. The van der Waals surface area contributed by atoms with E-state index in [0.717, 1.165) is 5.56 Å². The fourth-order valence-corrected chi connectivity index (χ4v) is 2.72. The Labute approximate surface area is 120 Å². The predicted molar refractivity (Wildman–Crippen MR) is 76.1 cm³/mol. The Bertz CT molecular complexity index is 676. The number of anilines is 1. The van der Waals surface area contributed by atoms with Gasteiger partial charge in [0.25, 0.3) is 0 Å². The van der Waals surface area contributed by atoms with Crippen LogP contribution in [0.25, 0.3) is 0 Å². The molecule has 5 heteroatoms. The van der Waals surface area contributed by atoms with E-state index in [2.05, 4.69) is 0 Å². The van der Waals surface area contributed by atoms with Crippen molar-refractivity contribution >= 4 is 23.2 Å². The number of carbonyl (C=O) groups excluding carboxylic acids is 1. The molecular formula is C15H12ClFN2O. The molecule has 1 heterocycles. The molecule has 1 amide bonds. The van der Waals surface area contributed by atoms with E-state index in [4.69, 9.17) is 17.3 Å². The van der Waals surface area contributed by atoms with Crippen molar-refractivity contribution < 1.29 is 9.18 Å². The predicted octanol–water partition coefficient (Wildman–Crippen LogP) is 2.89. The molecule has 2 N–H and O–H groups in total. The van der Waals surface area contributed by atoms with Gasteiger partial charge in [-0.25, -0.2) is 4.39 Å². The van der Waals surface area contributed by atoms with Crippen LogP contribution in [0.2, 0.25) is 5.02 Å². The first kappa shape index (κ1) is 13.1. The Balaban J connectivity index is 2.02. The Morgan fingerprint density at radius 1 is 1.15 bits per heavy atom. The zero-order chi connectivity index (χ0) is 14.3. The van der Waals surface area contributed by atoms with Gasteiger partial charge in [0.1, 0.15) is 11.9 Å². The van der Waals surface area contributed by atoms with Crippen molar-refractivity contribution in [3.63, 3.8) is 0 Å². The van der Waals surface area contributed by atoms with Gasteiger partial charge in [-0.1, -0.05) is 35.9 Å². The SMILES string of the molecule is NC1C(=O)N(c2cccc(F)c2)C1c1ccccc1Cl. The first-order valence-electron chi connectivity index (χ1n) is 6.18. The van der Waals surface area contributed by atoms with Crippen LogP contribution in [0.3, 0.4) is 0 Å². The average Bonchev–Trinajstić information content (AvgIpc) is 2.45. The maximum absolute atomic E-state index is 13.3. The van der Waals surface area contributed by atoms with Crippen LogP contribution in [0, 0.1) is 5.82 Å². The molecule has 0 bridgehead atoms. The molecule has 1 aliphatic rings. The Morgan fingerprint density at radius 3 is 2.60 bits per heavy atom. The van der Waals surface area contributed by atoms with E-state index in [9.17, 15) is 9.18 Å². The second-order valence-corrected chi connectivity index (χ2v) is 5.09. The smallest absolute Gasteiger partial charge is 0.247 e. The molecule has 0 aliphatic carbocycles. The molecule has 0 spiro atoms. The van der Waals surface area contributed by atoms with Crippen molar-refractivity contribution in [2.24, 2.45) is 5.73 Å². The summed E-state index contributed by atoms with van der Waals surface area (Å²) in [5.41, 5.74) is 7.15. The molecule has 3 rings (SSSR count). The number of hydrogen-bond acceptors (Lipinski definition) is 2. The molecule has 2 atom stereocenters. The van der Waals surface area contributed by atoms with Crippen LogP contribution in [0.4, 0.5) is 10.1 Å². The molecule has 2 aromatic rings. The van der Waals surface area contributed by atoms with Crippen molar-refractivity contribution in [2.45, 2.75) is 12.1 Å². The third kappa shape index (κ3) is 1.97. The van der Waals surface area contributed by atoms with Gasteiger partial charge < -0.3 is 10.6 Å². The van der Waals surface area contributed by atoms with Crippen LogP contribution in [-0.2, 0) is 4.79 Å². The minimum atomic E-state index is -0.654. The number of benzene rings is 2. The summed E-state index contributed by atoms with van der Waals surface area (Å²) in [4.78, 5) is 13.5. The summed E-state index contributed by atoms with van der Waals surface area (Å²) in [6, 6.07) is 12.1. The molecule has 20 heavy (non-hydrogen) atoms. The van der Waals surface area contributed by atoms with E-state index in [1.165, 1.54) is 17.0 Å². The Hall–Kier alpha value is -1.91. The van der Waals surface area contributed by atoms with Gasteiger partial charge >= 0.3 is 0 Å². The van der Waals surface area contributed by atoms with E-state index in [-0.39, 0.29) is 11.9 Å². The molecule has 0 aromatic heterocycles. The van der Waals surface area contributed by atoms with E-state index >= 15 is 0 Å². The number of nitrogens with two attached hydrogens (primary N) is 1. The molecular weight excluding hydrogens is 279 g/mol. The molecule has 1 fully saturated rings. The number of halogens is 2. The number of rotatable bonds is 2. The molecule has 1 saturated heterocycles. The first-order valence-corrected chi connectivity index (χ1v) is 6.56. The highest BCUT2D eigenvalue weighted by Crippen LogP contribution is 2.40. The number of hydrogen-bond donors (Lipinski definition) is 1. The highest BCUT2D eigenvalue weighted by molar-refractivity contribution is 6.31. The van der Waals surface area contributed by atoms with E-state index in [1.54, 1.807) is 18.2 Å². The summed E-state index contributed by atoms with van der Waals surface area (Å²) < 4.78 is 13.3. The minimum absolute atomic E-state index is 0.236. The van der Waals surface area contributed by atoms with Crippen LogP contribution in [-0.4, -0.2) is 11.9 Å². The molecule has 0 saturated carbocycles. The monoisotopic (exact) mass is 290 g/mol. The van der Waals surface area contributed by atoms with Crippen LogP contribution in [0.1, 0.15) is 11.6 Å². The van der Waals surface area contributed by atoms with Gasteiger partial charge in [0.2, 0.25) is 5.91 Å². The lowest BCUT2D eigenvalue weighted by Crippen LogP contribution is -2.63. The van der Waals surface area contributed by atoms with Gasteiger partial charge in [-0.2, -0.15) is 0 Å². The second kappa shape index (κ2) is 4.89. The Kier molecular flexibility index (Phi) is 3.20. The van der Waals surface area contributed by atoms with Gasteiger partial charge in [-0.05, 0) is 29.8 Å². The molecule has 3 nitrogen and oxygen atoms in total. The van der Waals surface area contributed by atoms with Crippen LogP contribution < -0.4 is 10.6 Å². The third-order valence-electron chi connectivity index (χ3n) is 3.45. The van der Waals surface area contributed by atoms with Gasteiger partial charge in [0, 0.05) is 10.7 Å². The topological polar surface area (TPSA) is 46.3 Å². The third-order valence-corrected chi connectivity index (χ3v) is 3.80. The highest BCUT2D eigenvalue weighted by atomic mass is 35.5. The maximum Gasteiger partial charge on any atom is 0.247 e. The van der Waals surface area contributed by atoms with Crippen LogP contribution >= 0.6 is 11.6 Å². The van der Waals surface area contributed by atoms with Crippen LogP contribution in [0.15, 0.2) is 48.5 Å². The zero-order valence-electron chi connectivity index (χ0n) is 10.5. The summed E-state index contributed by atoms with van der Waals surface area (Å²) in [5.74, 6) is -0.630. The quantitative estimate of drug-likeness (QED) is 0.865. The van der Waals surface area contributed by atoms with E-state index in [0.29, 0.717) is 10.7 Å². The lowest BCUT2D eigenvalue weighted by Gasteiger charge is -2.45. The van der Waals surface area contributed by atoms with Crippen LogP contribution in [0.5, 0.6) is 0 Å². The summed E-state index contributed by atoms with van der Waals surface area (Å²) in [6.07, 6.45) is 0. The molecule has 0 radical (unpaired) electrons. The molecule has 2 unspecified atom stereocenters. The van der Waals surface area contributed by atoms with E-state index in [1.807, 2.05) is 18.2 Å². The first-order chi connectivity index (χ1) is 9.59.